The van der Waals surface area contributed by atoms with Crippen LogP contribution in [0, 0.1) is 0 Å². The molecule has 2 heteroatoms. The van der Waals surface area contributed by atoms with Crippen LogP contribution >= 0.6 is 0 Å². The van der Waals surface area contributed by atoms with Gasteiger partial charge in [-0.2, -0.15) is 0 Å². The Hall–Kier alpha value is -0.860. The zero-order chi connectivity index (χ0) is 11.4. The first-order valence-electron chi connectivity index (χ1n) is 6.07. The molecule has 1 unspecified atom stereocenters. The van der Waals surface area contributed by atoms with Crippen molar-refractivity contribution in [3.63, 3.8) is 0 Å². The van der Waals surface area contributed by atoms with E-state index in [0.29, 0.717) is 6.04 Å². The minimum Gasteiger partial charge on any atom is -0.375 e. The van der Waals surface area contributed by atoms with Crippen molar-refractivity contribution in [3.05, 3.63) is 35.9 Å². The lowest BCUT2D eigenvalue weighted by atomic mass is 9.94. The lowest BCUT2D eigenvalue weighted by Crippen LogP contribution is -2.43. The maximum absolute atomic E-state index is 5.71. The van der Waals surface area contributed by atoms with Gasteiger partial charge in [-0.15, -0.1) is 0 Å². The molecule has 1 aliphatic heterocycles. The minimum atomic E-state index is 0.0343. The topological polar surface area (TPSA) is 21.3 Å². The summed E-state index contributed by atoms with van der Waals surface area (Å²) in [6.07, 6.45) is 2.22. The lowest BCUT2D eigenvalue weighted by Gasteiger charge is -2.36. The van der Waals surface area contributed by atoms with Gasteiger partial charge in [-0.25, -0.2) is 0 Å². The van der Waals surface area contributed by atoms with Gasteiger partial charge in [-0.05, 0) is 32.3 Å². The van der Waals surface area contributed by atoms with E-state index in [2.05, 4.69) is 49.5 Å². The summed E-state index contributed by atoms with van der Waals surface area (Å²) >= 11 is 0. The van der Waals surface area contributed by atoms with Crippen molar-refractivity contribution in [2.45, 2.75) is 44.9 Å². The van der Waals surface area contributed by atoms with Crippen molar-refractivity contribution in [1.82, 2.24) is 5.32 Å². The molecule has 1 fully saturated rings. The largest absolute Gasteiger partial charge is 0.375 e. The second-order valence-corrected chi connectivity index (χ2v) is 5.16. The number of nitrogens with one attached hydrogen (secondary N) is 1. The maximum Gasteiger partial charge on any atom is 0.0641 e. The summed E-state index contributed by atoms with van der Waals surface area (Å²) in [5.74, 6) is 0. The molecule has 1 atom stereocenters. The van der Waals surface area contributed by atoms with E-state index in [1.807, 2.05) is 0 Å². The molecule has 1 aromatic carbocycles. The molecule has 0 saturated carbocycles. The average Bonchev–Trinajstić information content (AvgIpc) is 2.27. The number of hydrogen-bond acceptors (Lipinski definition) is 2. The number of ether oxygens (including phenoxy) is 1. The highest BCUT2D eigenvalue weighted by Gasteiger charge is 2.28. The SMILES string of the molecule is CC1(C)CC(NCc2ccccc2)CCO1. The molecule has 0 bridgehead atoms. The fourth-order valence-corrected chi connectivity index (χ4v) is 2.26. The van der Waals surface area contributed by atoms with Crippen molar-refractivity contribution in [2.75, 3.05) is 6.61 Å². The first-order valence-corrected chi connectivity index (χ1v) is 6.07. The first kappa shape index (κ1) is 11.6. The van der Waals surface area contributed by atoms with Crippen molar-refractivity contribution in [1.29, 1.82) is 0 Å². The molecule has 0 aliphatic carbocycles. The molecule has 2 rings (SSSR count). The second kappa shape index (κ2) is 4.98. The Morgan fingerprint density at radius 3 is 2.75 bits per heavy atom. The molecule has 2 nitrogen and oxygen atoms in total. The van der Waals surface area contributed by atoms with Crippen LogP contribution in [0.2, 0.25) is 0 Å². The van der Waals surface area contributed by atoms with Gasteiger partial charge in [-0.3, -0.25) is 0 Å². The molecule has 16 heavy (non-hydrogen) atoms. The molecular weight excluding hydrogens is 198 g/mol. The van der Waals surface area contributed by atoms with E-state index in [-0.39, 0.29) is 5.60 Å². The fourth-order valence-electron chi connectivity index (χ4n) is 2.26. The van der Waals surface area contributed by atoms with E-state index in [1.165, 1.54) is 5.56 Å². The number of rotatable bonds is 3. The van der Waals surface area contributed by atoms with Gasteiger partial charge < -0.3 is 10.1 Å². The van der Waals surface area contributed by atoms with Gasteiger partial charge in [0.15, 0.2) is 0 Å². The summed E-state index contributed by atoms with van der Waals surface area (Å²) in [5.41, 5.74) is 1.39. The molecule has 1 saturated heterocycles. The Morgan fingerprint density at radius 1 is 1.31 bits per heavy atom. The Kier molecular flexibility index (Phi) is 3.62. The molecule has 0 spiro atoms. The van der Waals surface area contributed by atoms with Gasteiger partial charge in [0.2, 0.25) is 0 Å². The minimum absolute atomic E-state index is 0.0343. The quantitative estimate of drug-likeness (QED) is 0.844. The van der Waals surface area contributed by atoms with E-state index in [1.54, 1.807) is 0 Å². The number of benzene rings is 1. The number of hydrogen-bond donors (Lipinski definition) is 1. The first-order chi connectivity index (χ1) is 7.66. The smallest absolute Gasteiger partial charge is 0.0641 e. The van der Waals surface area contributed by atoms with Crippen molar-refractivity contribution >= 4 is 0 Å². The van der Waals surface area contributed by atoms with Crippen LogP contribution in [-0.2, 0) is 11.3 Å². The van der Waals surface area contributed by atoms with Gasteiger partial charge >= 0.3 is 0 Å². The zero-order valence-corrected chi connectivity index (χ0v) is 10.2. The predicted octanol–water partition coefficient (Wildman–Crippen LogP) is 2.73. The molecule has 0 radical (unpaired) electrons. The summed E-state index contributed by atoms with van der Waals surface area (Å²) < 4.78 is 5.71. The maximum atomic E-state index is 5.71. The summed E-state index contributed by atoms with van der Waals surface area (Å²) in [6.45, 7) is 6.17. The van der Waals surface area contributed by atoms with E-state index in [4.69, 9.17) is 4.74 Å². The molecule has 0 amide bonds. The van der Waals surface area contributed by atoms with Gasteiger partial charge in [0.1, 0.15) is 0 Å². The van der Waals surface area contributed by atoms with Crippen LogP contribution in [0.3, 0.4) is 0 Å². The van der Waals surface area contributed by atoms with Crippen molar-refractivity contribution in [3.8, 4) is 0 Å². The van der Waals surface area contributed by atoms with E-state index in [0.717, 1.165) is 26.0 Å². The molecule has 1 aliphatic rings. The third-order valence-electron chi connectivity index (χ3n) is 3.13. The zero-order valence-electron chi connectivity index (χ0n) is 10.2. The normalized spacial score (nSPS) is 24.2. The molecule has 1 heterocycles. The van der Waals surface area contributed by atoms with Gasteiger partial charge in [0, 0.05) is 19.2 Å². The van der Waals surface area contributed by atoms with Crippen LogP contribution < -0.4 is 5.32 Å². The van der Waals surface area contributed by atoms with Crippen molar-refractivity contribution < 1.29 is 4.74 Å². The Morgan fingerprint density at radius 2 is 2.06 bits per heavy atom. The molecular formula is C14H21NO. The fraction of sp³-hybridized carbons (Fsp3) is 0.571. The Labute approximate surface area is 98.0 Å². The Bertz CT molecular complexity index is 321. The highest BCUT2D eigenvalue weighted by Crippen LogP contribution is 2.24. The predicted molar refractivity (Wildman–Crippen MR) is 66.3 cm³/mol. The van der Waals surface area contributed by atoms with E-state index >= 15 is 0 Å². The van der Waals surface area contributed by atoms with Crippen molar-refractivity contribution in [2.24, 2.45) is 0 Å². The third kappa shape index (κ3) is 3.32. The van der Waals surface area contributed by atoms with Crippen LogP contribution in [0.25, 0.3) is 0 Å². The average molecular weight is 219 g/mol. The summed E-state index contributed by atoms with van der Waals surface area (Å²) in [6, 6.07) is 11.1. The standard InChI is InChI=1S/C14H21NO/c1-14(2)10-13(8-9-16-14)15-11-12-6-4-3-5-7-12/h3-7,13,15H,8-11H2,1-2H3. The van der Waals surface area contributed by atoms with Crippen LogP contribution in [0.5, 0.6) is 0 Å². The summed E-state index contributed by atoms with van der Waals surface area (Å²) in [4.78, 5) is 0. The summed E-state index contributed by atoms with van der Waals surface area (Å²) in [5, 5.41) is 3.61. The third-order valence-corrected chi connectivity index (χ3v) is 3.13. The van der Waals surface area contributed by atoms with Crippen LogP contribution in [0.1, 0.15) is 32.3 Å². The van der Waals surface area contributed by atoms with Gasteiger partial charge in [0.25, 0.3) is 0 Å². The highest BCUT2D eigenvalue weighted by molar-refractivity contribution is 5.14. The highest BCUT2D eigenvalue weighted by atomic mass is 16.5. The van der Waals surface area contributed by atoms with E-state index < -0.39 is 0 Å². The van der Waals surface area contributed by atoms with Crippen LogP contribution in [0.4, 0.5) is 0 Å². The summed E-state index contributed by atoms with van der Waals surface area (Å²) in [7, 11) is 0. The van der Waals surface area contributed by atoms with E-state index in [9.17, 15) is 0 Å². The van der Waals surface area contributed by atoms with Crippen LogP contribution in [-0.4, -0.2) is 18.2 Å². The lowest BCUT2D eigenvalue weighted by molar-refractivity contribution is -0.0630. The van der Waals surface area contributed by atoms with Gasteiger partial charge in [0.05, 0.1) is 5.60 Å². The molecule has 1 aromatic rings. The van der Waals surface area contributed by atoms with Crippen LogP contribution in [0.15, 0.2) is 30.3 Å². The Balaban J connectivity index is 1.82. The second-order valence-electron chi connectivity index (χ2n) is 5.16. The molecule has 0 aromatic heterocycles. The monoisotopic (exact) mass is 219 g/mol. The molecule has 1 N–H and O–H groups in total. The molecule has 88 valence electrons. The van der Waals surface area contributed by atoms with Gasteiger partial charge in [-0.1, -0.05) is 30.3 Å².